The molecule has 1 rings (SSSR count). The second-order valence-electron chi connectivity index (χ2n) is 5.84. The number of ether oxygens (including phenoxy) is 4. The molecule has 26 heavy (non-hydrogen) atoms. The maximum absolute atomic E-state index is 12.0. The zero-order valence-electron chi connectivity index (χ0n) is 15.3. The molecule has 4 atom stereocenters. The van der Waals surface area contributed by atoms with E-state index in [1.807, 2.05) is 0 Å². The molecule has 0 bridgehead atoms. The predicted octanol–water partition coefficient (Wildman–Crippen LogP) is -0.425. The van der Waals surface area contributed by atoms with Gasteiger partial charge in [0, 0.05) is 34.6 Å². The van der Waals surface area contributed by atoms with Gasteiger partial charge in [0.05, 0.1) is 6.54 Å². The topological polar surface area (TPSA) is 126 Å². The average Bonchev–Trinajstić information content (AvgIpc) is 2.47. The molecular formula is C16H23NO9. The van der Waals surface area contributed by atoms with E-state index >= 15 is 0 Å². The number of amides is 1. The molecule has 10 nitrogen and oxygen atoms in total. The van der Waals surface area contributed by atoms with Gasteiger partial charge in [0.15, 0.2) is 18.3 Å². The summed E-state index contributed by atoms with van der Waals surface area (Å²) in [5, 5.41) is 0. The standard InChI is InChI=1S/C16H23NO9/c1-8(18)17-6-14(24-10(3)20)16(26-12(5)22)15(25-11(4)21)13(17)7-23-9(2)19/h13-16H,6-7H2,1-5H3/t13-,14-,15+,16+/m0/s1. The lowest BCUT2D eigenvalue weighted by atomic mass is 9.93. The fourth-order valence-corrected chi connectivity index (χ4v) is 2.78. The molecule has 0 aromatic rings. The first-order chi connectivity index (χ1) is 12.0. The second kappa shape index (κ2) is 9.16. The fraction of sp³-hybridized carbons (Fsp3) is 0.688. The van der Waals surface area contributed by atoms with E-state index in [9.17, 15) is 24.0 Å². The van der Waals surface area contributed by atoms with Gasteiger partial charge in [0.1, 0.15) is 12.6 Å². The van der Waals surface area contributed by atoms with Crippen molar-refractivity contribution in [2.45, 2.75) is 59.0 Å². The van der Waals surface area contributed by atoms with Crippen LogP contribution in [0.25, 0.3) is 0 Å². The van der Waals surface area contributed by atoms with Crippen LogP contribution in [-0.4, -0.2) is 72.2 Å². The summed E-state index contributed by atoms with van der Waals surface area (Å²) in [5.41, 5.74) is 0. The first-order valence-electron chi connectivity index (χ1n) is 7.95. The lowest BCUT2D eigenvalue weighted by Gasteiger charge is -2.46. The molecule has 1 amide bonds. The minimum absolute atomic E-state index is 0.115. The Kier molecular flexibility index (Phi) is 7.54. The Hall–Kier alpha value is -2.65. The summed E-state index contributed by atoms with van der Waals surface area (Å²) < 4.78 is 20.6. The van der Waals surface area contributed by atoms with Gasteiger partial charge in [0.2, 0.25) is 5.91 Å². The molecule has 146 valence electrons. The van der Waals surface area contributed by atoms with Crippen molar-refractivity contribution in [3.05, 3.63) is 0 Å². The van der Waals surface area contributed by atoms with E-state index in [2.05, 4.69) is 0 Å². The summed E-state index contributed by atoms with van der Waals surface area (Å²) in [5.74, 6) is -3.06. The molecule has 1 aliphatic rings. The summed E-state index contributed by atoms with van der Waals surface area (Å²) in [4.78, 5) is 58.9. The van der Waals surface area contributed by atoms with E-state index in [1.54, 1.807) is 0 Å². The van der Waals surface area contributed by atoms with E-state index in [1.165, 1.54) is 18.7 Å². The predicted molar refractivity (Wildman–Crippen MR) is 84.5 cm³/mol. The molecule has 0 aliphatic carbocycles. The van der Waals surface area contributed by atoms with Crippen molar-refractivity contribution in [2.75, 3.05) is 13.2 Å². The van der Waals surface area contributed by atoms with Crippen LogP contribution >= 0.6 is 0 Å². The van der Waals surface area contributed by atoms with Crippen molar-refractivity contribution in [3.8, 4) is 0 Å². The molecule has 0 spiro atoms. The smallest absolute Gasteiger partial charge is 0.303 e. The van der Waals surface area contributed by atoms with Crippen molar-refractivity contribution in [2.24, 2.45) is 0 Å². The number of rotatable bonds is 5. The summed E-state index contributed by atoms with van der Waals surface area (Å²) in [6.07, 6.45) is -3.38. The van der Waals surface area contributed by atoms with Crippen molar-refractivity contribution >= 4 is 29.8 Å². The number of carbonyl (C=O) groups is 5. The SMILES string of the molecule is CC(=O)OC[C@H]1[C@@H](OC(C)=O)[C@H](OC(C)=O)[C@@H](OC(C)=O)CN1C(C)=O. The zero-order chi connectivity index (χ0) is 20.0. The van der Waals surface area contributed by atoms with Crippen LogP contribution in [0.4, 0.5) is 0 Å². The highest BCUT2D eigenvalue weighted by Crippen LogP contribution is 2.27. The van der Waals surface area contributed by atoms with Gasteiger partial charge in [-0.15, -0.1) is 0 Å². The number of likely N-dealkylation sites (tertiary alicyclic amines) is 1. The minimum Gasteiger partial charge on any atom is -0.464 e. The maximum atomic E-state index is 12.0. The van der Waals surface area contributed by atoms with E-state index in [4.69, 9.17) is 18.9 Å². The molecule has 0 saturated carbocycles. The highest BCUT2D eigenvalue weighted by atomic mass is 16.6. The third-order valence-corrected chi connectivity index (χ3v) is 3.63. The lowest BCUT2D eigenvalue weighted by Crippen LogP contribution is -2.66. The van der Waals surface area contributed by atoms with E-state index < -0.39 is 54.1 Å². The van der Waals surface area contributed by atoms with Crippen LogP contribution in [0.3, 0.4) is 0 Å². The normalized spacial score (nSPS) is 25.0. The van der Waals surface area contributed by atoms with Crippen molar-refractivity contribution in [1.82, 2.24) is 4.90 Å². The third-order valence-electron chi connectivity index (χ3n) is 3.63. The Morgan fingerprint density at radius 1 is 0.769 bits per heavy atom. The van der Waals surface area contributed by atoms with Gasteiger partial charge in [-0.3, -0.25) is 24.0 Å². The minimum atomic E-state index is -1.18. The maximum Gasteiger partial charge on any atom is 0.303 e. The Labute approximate surface area is 150 Å². The summed E-state index contributed by atoms with van der Waals surface area (Å²) in [6, 6.07) is -0.906. The molecule has 1 aliphatic heterocycles. The molecule has 0 aromatic carbocycles. The van der Waals surface area contributed by atoms with Crippen molar-refractivity contribution in [1.29, 1.82) is 0 Å². The number of esters is 4. The van der Waals surface area contributed by atoms with Gasteiger partial charge >= 0.3 is 23.9 Å². The molecule has 1 saturated heterocycles. The summed E-state index contributed by atoms with van der Waals surface area (Å²) >= 11 is 0. The van der Waals surface area contributed by atoms with Crippen LogP contribution < -0.4 is 0 Å². The highest BCUT2D eigenvalue weighted by molar-refractivity contribution is 5.75. The fourth-order valence-electron chi connectivity index (χ4n) is 2.78. The molecular weight excluding hydrogens is 350 g/mol. The van der Waals surface area contributed by atoms with Crippen molar-refractivity contribution in [3.63, 3.8) is 0 Å². The Morgan fingerprint density at radius 2 is 1.27 bits per heavy atom. The van der Waals surface area contributed by atoms with Gasteiger partial charge in [-0.1, -0.05) is 0 Å². The Morgan fingerprint density at radius 3 is 1.69 bits per heavy atom. The van der Waals surface area contributed by atoms with Gasteiger partial charge < -0.3 is 23.8 Å². The van der Waals surface area contributed by atoms with Gasteiger partial charge in [0.25, 0.3) is 0 Å². The highest BCUT2D eigenvalue weighted by Gasteiger charge is 2.50. The Bertz CT molecular complexity index is 586. The molecule has 0 N–H and O–H groups in total. The first kappa shape index (κ1) is 21.4. The monoisotopic (exact) mass is 373 g/mol. The summed E-state index contributed by atoms with van der Waals surface area (Å²) in [7, 11) is 0. The number of piperidine rings is 1. The third kappa shape index (κ3) is 6.01. The molecule has 0 aromatic heterocycles. The molecule has 1 fully saturated rings. The first-order valence-corrected chi connectivity index (χ1v) is 7.95. The van der Waals surface area contributed by atoms with Gasteiger partial charge in [-0.05, 0) is 0 Å². The molecule has 0 radical (unpaired) electrons. The Balaban J connectivity index is 3.29. The van der Waals surface area contributed by atoms with Crippen LogP contribution in [0.2, 0.25) is 0 Å². The van der Waals surface area contributed by atoms with Crippen LogP contribution in [0.15, 0.2) is 0 Å². The van der Waals surface area contributed by atoms with Crippen LogP contribution in [0.1, 0.15) is 34.6 Å². The number of nitrogens with zero attached hydrogens (tertiary/aromatic N) is 1. The largest absolute Gasteiger partial charge is 0.464 e. The second-order valence-corrected chi connectivity index (χ2v) is 5.84. The molecule has 1 heterocycles. The molecule has 0 unspecified atom stereocenters. The van der Waals surface area contributed by atoms with Crippen LogP contribution in [-0.2, 0) is 42.9 Å². The average molecular weight is 373 g/mol. The van der Waals surface area contributed by atoms with Gasteiger partial charge in [-0.25, -0.2) is 0 Å². The number of carbonyl (C=O) groups excluding carboxylic acids is 5. The summed E-state index contributed by atoms with van der Waals surface area (Å²) in [6.45, 7) is 5.51. The number of hydrogen-bond donors (Lipinski definition) is 0. The lowest BCUT2D eigenvalue weighted by molar-refractivity contribution is -0.208. The van der Waals surface area contributed by atoms with E-state index in [0.717, 1.165) is 20.8 Å². The number of hydrogen-bond acceptors (Lipinski definition) is 9. The zero-order valence-corrected chi connectivity index (χ0v) is 15.3. The van der Waals surface area contributed by atoms with E-state index in [0.29, 0.717) is 0 Å². The molecule has 10 heteroatoms. The quantitative estimate of drug-likeness (QED) is 0.466. The van der Waals surface area contributed by atoms with Gasteiger partial charge in [-0.2, -0.15) is 0 Å². The van der Waals surface area contributed by atoms with Crippen LogP contribution in [0.5, 0.6) is 0 Å². The van der Waals surface area contributed by atoms with Crippen molar-refractivity contribution < 1.29 is 42.9 Å². The van der Waals surface area contributed by atoms with E-state index in [-0.39, 0.29) is 13.2 Å². The van der Waals surface area contributed by atoms with Crippen LogP contribution in [0, 0.1) is 0 Å².